The molecule has 0 spiro atoms. The van der Waals surface area contributed by atoms with Crippen LogP contribution < -0.4 is 0 Å². The maximum Gasteiger partial charge on any atom is 0.107 e. The maximum atomic E-state index is 9.41. The zero-order chi connectivity index (χ0) is 12.3. The van der Waals surface area contributed by atoms with Crippen LogP contribution in [0.15, 0.2) is 36.7 Å². The predicted octanol–water partition coefficient (Wildman–Crippen LogP) is 3.09. The fourth-order valence-corrected chi connectivity index (χ4v) is 2.18. The van der Waals surface area contributed by atoms with E-state index in [1.807, 2.05) is 25.1 Å². The Kier molecular flexibility index (Phi) is 3.16. The van der Waals surface area contributed by atoms with E-state index in [0.717, 1.165) is 11.4 Å². The van der Waals surface area contributed by atoms with E-state index >= 15 is 0 Å². The van der Waals surface area contributed by atoms with Crippen molar-refractivity contribution in [3.8, 4) is 6.07 Å². The summed E-state index contributed by atoms with van der Waals surface area (Å²) in [5.74, 6) is 0.786. The van der Waals surface area contributed by atoms with Crippen LogP contribution >= 0.6 is 11.6 Å². The van der Waals surface area contributed by atoms with Crippen molar-refractivity contribution < 1.29 is 0 Å². The molecule has 1 heterocycles. The second-order valence-corrected chi connectivity index (χ2v) is 4.54. The number of nitrogens with zero attached hydrogens (tertiary/aromatic N) is 2. The molecule has 2 aromatic rings. The number of nitriles is 1. The van der Waals surface area contributed by atoms with Crippen LogP contribution in [0.3, 0.4) is 0 Å². The average Bonchev–Trinajstić information content (AvgIpc) is 2.82. The van der Waals surface area contributed by atoms with Crippen LogP contribution in [0, 0.1) is 11.3 Å². The van der Waals surface area contributed by atoms with Gasteiger partial charge in [-0.3, -0.25) is 0 Å². The van der Waals surface area contributed by atoms with Gasteiger partial charge >= 0.3 is 0 Å². The van der Waals surface area contributed by atoms with Crippen molar-refractivity contribution in [2.45, 2.75) is 18.8 Å². The number of hydrogen-bond donors (Lipinski definition) is 1. The second-order valence-electron chi connectivity index (χ2n) is 4.14. The molecule has 17 heavy (non-hydrogen) atoms. The first-order valence-electron chi connectivity index (χ1n) is 5.30. The number of aromatic nitrogens is 2. The van der Waals surface area contributed by atoms with E-state index in [9.17, 15) is 5.26 Å². The van der Waals surface area contributed by atoms with Crippen molar-refractivity contribution in [3.05, 3.63) is 53.1 Å². The van der Waals surface area contributed by atoms with Crippen LogP contribution in [-0.2, 0) is 11.8 Å². The SMILES string of the molecule is CC(C#N)(Cc1ncc[nH]1)c1ccccc1Cl. The molecule has 0 radical (unpaired) electrons. The number of nitrogens with one attached hydrogen (secondary N) is 1. The number of benzene rings is 1. The molecule has 1 atom stereocenters. The van der Waals surface area contributed by atoms with E-state index in [-0.39, 0.29) is 0 Å². The van der Waals surface area contributed by atoms with Gasteiger partial charge in [0.1, 0.15) is 5.82 Å². The molecule has 1 unspecified atom stereocenters. The molecule has 0 fully saturated rings. The van der Waals surface area contributed by atoms with Crippen molar-refractivity contribution in [3.63, 3.8) is 0 Å². The molecule has 0 amide bonds. The van der Waals surface area contributed by atoms with E-state index in [0.29, 0.717) is 11.4 Å². The Balaban J connectivity index is 2.39. The van der Waals surface area contributed by atoms with Crippen molar-refractivity contribution >= 4 is 11.6 Å². The predicted molar refractivity (Wildman–Crippen MR) is 66.7 cm³/mol. The van der Waals surface area contributed by atoms with Gasteiger partial charge < -0.3 is 4.98 Å². The van der Waals surface area contributed by atoms with Gasteiger partial charge in [0.2, 0.25) is 0 Å². The number of halogens is 1. The normalized spacial score (nSPS) is 13.9. The molecule has 0 saturated carbocycles. The third kappa shape index (κ3) is 2.32. The summed E-state index contributed by atoms with van der Waals surface area (Å²) < 4.78 is 0. The number of hydrogen-bond acceptors (Lipinski definition) is 2. The Morgan fingerprint density at radius 2 is 2.24 bits per heavy atom. The monoisotopic (exact) mass is 245 g/mol. The first kappa shape index (κ1) is 11.7. The summed E-state index contributed by atoms with van der Waals surface area (Å²) in [6.45, 7) is 1.87. The van der Waals surface area contributed by atoms with Crippen LogP contribution in [0.25, 0.3) is 0 Å². The smallest absolute Gasteiger partial charge is 0.107 e. The maximum absolute atomic E-state index is 9.41. The number of rotatable bonds is 3. The molecule has 4 heteroatoms. The highest BCUT2D eigenvalue weighted by Gasteiger charge is 2.29. The molecule has 3 nitrogen and oxygen atoms in total. The minimum absolute atomic E-state index is 0.514. The standard InChI is InChI=1S/C13H12ClN3/c1-13(9-15,8-12-16-6-7-17-12)10-4-2-3-5-11(10)14/h2-7H,8H2,1H3,(H,16,17). The molecular weight excluding hydrogens is 234 g/mol. The highest BCUT2D eigenvalue weighted by Crippen LogP contribution is 2.31. The Morgan fingerprint density at radius 1 is 1.47 bits per heavy atom. The molecule has 0 aliphatic carbocycles. The largest absolute Gasteiger partial charge is 0.349 e. The van der Waals surface area contributed by atoms with Crippen molar-refractivity contribution in [2.75, 3.05) is 0 Å². The lowest BCUT2D eigenvalue weighted by molar-refractivity contribution is 0.588. The molecule has 86 valence electrons. The summed E-state index contributed by atoms with van der Waals surface area (Å²) in [5.41, 5.74) is 0.163. The summed E-state index contributed by atoms with van der Waals surface area (Å²) in [6, 6.07) is 9.76. The molecule has 0 bridgehead atoms. The summed E-state index contributed by atoms with van der Waals surface area (Å²) in [4.78, 5) is 7.17. The zero-order valence-corrected chi connectivity index (χ0v) is 10.2. The topological polar surface area (TPSA) is 52.5 Å². The van der Waals surface area contributed by atoms with Gasteiger partial charge in [-0.15, -0.1) is 0 Å². The van der Waals surface area contributed by atoms with Crippen molar-refractivity contribution in [1.82, 2.24) is 9.97 Å². The lowest BCUT2D eigenvalue weighted by atomic mass is 9.80. The minimum Gasteiger partial charge on any atom is -0.349 e. The Bertz CT molecular complexity index is 542. The van der Waals surface area contributed by atoms with Crippen LogP contribution in [0.5, 0.6) is 0 Å². The summed E-state index contributed by atoms with van der Waals surface area (Å²) >= 11 is 6.15. The molecule has 2 rings (SSSR count). The van der Waals surface area contributed by atoms with Gasteiger partial charge in [0, 0.05) is 23.8 Å². The number of imidazole rings is 1. The van der Waals surface area contributed by atoms with Crippen LogP contribution in [0.2, 0.25) is 5.02 Å². The fourth-order valence-electron chi connectivity index (χ4n) is 1.83. The molecular formula is C13H12ClN3. The quantitative estimate of drug-likeness (QED) is 0.904. The van der Waals surface area contributed by atoms with Crippen LogP contribution in [0.1, 0.15) is 18.3 Å². The highest BCUT2D eigenvalue weighted by molar-refractivity contribution is 6.31. The van der Waals surface area contributed by atoms with Gasteiger partial charge in [-0.2, -0.15) is 5.26 Å². The van der Waals surface area contributed by atoms with Gasteiger partial charge in [-0.05, 0) is 18.6 Å². The Hall–Kier alpha value is -1.79. The first-order valence-corrected chi connectivity index (χ1v) is 5.68. The van der Waals surface area contributed by atoms with Gasteiger partial charge in [0.15, 0.2) is 0 Å². The van der Waals surface area contributed by atoms with Crippen LogP contribution in [-0.4, -0.2) is 9.97 Å². The van der Waals surface area contributed by atoms with E-state index in [4.69, 9.17) is 11.6 Å². The van der Waals surface area contributed by atoms with Crippen LogP contribution in [0.4, 0.5) is 0 Å². The number of aromatic amines is 1. The summed E-state index contributed by atoms with van der Waals surface area (Å²) in [7, 11) is 0. The lowest BCUT2D eigenvalue weighted by Crippen LogP contribution is -2.24. The van der Waals surface area contributed by atoms with E-state index in [1.165, 1.54) is 0 Å². The fraction of sp³-hybridized carbons (Fsp3) is 0.231. The van der Waals surface area contributed by atoms with Gasteiger partial charge in [-0.1, -0.05) is 29.8 Å². The molecule has 1 aromatic heterocycles. The summed E-state index contributed by atoms with van der Waals surface area (Å²) in [6.07, 6.45) is 3.94. The average molecular weight is 246 g/mol. The second kappa shape index (κ2) is 4.60. The molecule has 1 aromatic carbocycles. The van der Waals surface area contributed by atoms with Crippen molar-refractivity contribution in [2.24, 2.45) is 0 Å². The Morgan fingerprint density at radius 3 is 2.82 bits per heavy atom. The lowest BCUT2D eigenvalue weighted by Gasteiger charge is -2.22. The van der Waals surface area contributed by atoms with E-state index in [2.05, 4.69) is 16.0 Å². The highest BCUT2D eigenvalue weighted by atomic mass is 35.5. The molecule has 1 N–H and O–H groups in total. The minimum atomic E-state index is -0.670. The summed E-state index contributed by atoms with van der Waals surface area (Å²) in [5, 5.41) is 10.0. The third-order valence-electron chi connectivity index (χ3n) is 2.79. The molecule has 0 saturated heterocycles. The Labute approximate surface area is 105 Å². The van der Waals surface area contributed by atoms with Gasteiger partial charge in [-0.25, -0.2) is 4.98 Å². The van der Waals surface area contributed by atoms with E-state index in [1.54, 1.807) is 18.5 Å². The first-order chi connectivity index (χ1) is 8.15. The van der Waals surface area contributed by atoms with Gasteiger partial charge in [0.25, 0.3) is 0 Å². The van der Waals surface area contributed by atoms with Crippen molar-refractivity contribution in [1.29, 1.82) is 5.26 Å². The zero-order valence-electron chi connectivity index (χ0n) is 9.44. The number of H-pyrrole nitrogens is 1. The third-order valence-corrected chi connectivity index (χ3v) is 3.12. The van der Waals surface area contributed by atoms with Gasteiger partial charge in [0.05, 0.1) is 11.5 Å². The molecule has 0 aliphatic rings. The molecule has 0 aliphatic heterocycles. The van der Waals surface area contributed by atoms with E-state index < -0.39 is 5.41 Å².